The van der Waals surface area contributed by atoms with Gasteiger partial charge >= 0.3 is 0 Å². The van der Waals surface area contributed by atoms with Gasteiger partial charge in [0.25, 0.3) is 0 Å². The third-order valence-electron chi connectivity index (χ3n) is 3.53. The molecule has 0 aliphatic heterocycles. The number of nitrogens with one attached hydrogen (secondary N) is 1. The molecule has 2 rings (SSSR count). The Hall–Kier alpha value is -1.85. The normalized spacial score (nSPS) is 11.4. The van der Waals surface area contributed by atoms with Gasteiger partial charge in [-0.15, -0.1) is 0 Å². The number of ether oxygens (including phenoxy) is 1. The third kappa shape index (κ3) is 4.08. The van der Waals surface area contributed by atoms with E-state index in [-0.39, 0.29) is 18.0 Å². The molecule has 0 atom stereocenters. The highest BCUT2D eigenvalue weighted by Gasteiger charge is 2.14. The summed E-state index contributed by atoms with van der Waals surface area (Å²) in [5, 5.41) is 0. The third-order valence-corrected chi connectivity index (χ3v) is 4.99. The first-order valence-corrected chi connectivity index (χ1v) is 8.64. The second-order valence-electron chi connectivity index (χ2n) is 5.26. The Morgan fingerprint density at radius 1 is 0.955 bits per heavy atom. The maximum absolute atomic E-state index is 12.2. The Morgan fingerprint density at radius 2 is 1.68 bits per heavy atom. The van der Waals surface area contributed by atoms with Gasteiger partial charge in [0.2, 0.25) is 10.0 Å². The summed E-state index contributed by atoms with van der Waals surface area (Å²) in [5.41, 5.74) is 3.06. The molecule has 2 aromatic rings. The van der Waals surface area contributed by atoms with Gasteiger partial charge in [0.15, 0.2) is 0 Å². The van der Waals surface area contributed by atoms with Crippen molar-refractivity contribution >= 4 is 10.0 Å². The number of benzene rings is 2. The molecule has 0 aromatic heterocycles. The van der Waals surface area contributed by atoms with Gasteiger partial charge in [0, 0.05) is 6.54 Å². The first-order valence-electron chi connectivity index (χ1n) is 7.15. The van der Waals surface area contributed by atoms with E-state index in [1.807, 2.05) is 51.1 Å². The fourth-order valence-electron chi connectivity index (χ4n) is 2.02. The minimum atomic E-state index is -3.49. The molecule has 0 heterocycles. The van der Waals surface area contributed by atoms with Gasteiger partial charge in [-0.05, 0) is 55.7 Å². The zero-order valence-corrected chi connectivity index (χ0v) is 13.9. The van der Waals surface area contributed by atoms with Crippen LogP contribution in [0.25, 0.3) is 0 Å². The number of hydrogen-bond acceptors (Lipinski definition) is 3. The molecule has 0 amide bonds. The van der Waals surface area contributed by atoms with E-state index in [1.165, 1.54) is 0 Å². The van der Waals surface area contributed by atoms with Crippen molar-refractivity contribution in [3.05, 3.63) is 59.2 Å². The van der Waals surface area contributed by atoms with E-state index in [4.69, 9.17) is 4.74 Å². The van der Waals surface area contributed by atoms with E-state index < -0.39 is 10.0 Å². The van der Waals surface area contributed by atoms with Gasteiger partial charge in [-0.2, -0.15) is 0 Å². The van der Waals surface area contributed by atoms with E-state index in [1.54, 1.807) is 12.1 Å². The van der Waals surface area contributed by atoms with Crippen LogP contribution in [0.1, 0.15) is 16.7 Å². The van der Waals surface area contributed by atoms with Gasteiger partial charge in [0.05, 0.1) is 4.90 Å². The summed E-state index contributed by atoms with van der Waals surface area (Å²) in [7, 11) is -3.49. The van der Waals surface area contributed by atoms with Crippen LogP contribution in [0.4, 0.5) is 0 Å². The van der Waals surface area contributed by atoms with Crippen LogP contribution in [0.2, 0.25) is 0 Å². The van der Waals surface area contributed by atoms with Crippen molar-refractivity contribution < 1.29 is 13.2 Å². The molecule has 0 spiro atoms. The Labute approximate surface area is 132 Å². The Balaban J connectivity index is 1.93. The lowest BCUT2D eigenvalue weighted by Crippen LogP contribution is -2.28. The average Bonchev–Trinajstić information content (AvgIpc) is 2.48. The van der Waals surface area contributed by atoms with Gasteiger partial charge in [-0.1, -0.05) is 24.3 Å². The first kappa shape index (κ1) is 16.5. The molecule has 0 unspecified atom stereocenters. The average molecular weight is 319 g/mol. The van der Waals surface area contributed by atoms with E-state index in [0.717, 1.165) is 22.4 Å². The molecule has 5 heteroatoms. The van der Waals surface area contributed by atoms with Crippen LogP contribution in [0.5, 0.6) is 5.75 Å². The van der Waals surface area contributed by atoms with E-state index in [2.05, 4.69) is 4.72 Å². The fraction of sp³-hybridized carbons (Fsp3) is 0.294. The number of aryl methyl sites for hydroxylation is 3. The summed E-state index contributed by atoms with van der Waals surface area (Å²) in [5.74, 6) is 0.771. The van der Waals surface area contributed by atoms with Gasteiger partial charge < -0.3 is 4.74 Å². The molecule has 4 nitrogen and oxygen atoms in total. The fourth-order valence-corrected chi connectivity index (χ4v) is 3.12. The molecule has 0 bridgehead atoms. The molecule has 0 aliphatic rings. The standard InChI is InChI=1S/C17H21NO3S/c1-13-8-9-16(12-15(13)3)22(19,20)18-10-11-21-17-7-5-4-6-14(17)2/h4-9,12,18H,10-11H2,1-3H3. The maximum atomic E-state index is 12.2. The zero-order chi connectivity index (χ0) is 16.2. The van der Waals surface area contributed by atoms with Crippen molar-refractivity contribution in [3.63, 3.8) is 0 Å². The topological polar surface area (TPSA) is 55.4 Å². The summed E-state index contributed by atoms with van der Waals surface area (Å²) in [4.78, 5) is 0.284. The molecular weight excluding hydrogens is 298 g/mol. The van der Waals surface area contributed by atoms with Crippen molar-refractivity contribution in [1.82, 2.24) is 4.72 Å². The second-order valence-corrected chi connectivity index (χ2v) is 7.02. The molecular formula is C17H21NO3S. The van der Waals surface area contributed by atoms with Crippen molar-refractivity contribution in [1.29, 1.82) is 0 Å². The molecule has 0 aliphatic carbocycles. The SMILES string of the molecule is Cc1ccc(S(=O)(=O)NCCOc2ccccc2C)cc1C. The summed E-state index contributed by atoms with van der Waals surface area (Å²) in [6.45, 7) is 6.32. The lowest BCUT2D eigenvalue weighted by molar-refractivity contribution is 0.320. The number of hydrogen-bond donors (Lipinski definition) is 1. The summed E-state index contributed by atoms with van der Waals surface area (Å²) >= 11 is 0. The van der Waals surface area contributed by atoms with Crippen LogP contribution in [0.15, 0.2) is 47.4 Å². The summed E-state index contributed by atoms with van der Waals surface area (Å²) < 4.78 is 32.6. The Kier molecular flexibility index (Phi) is 5.21. The van der Waals surface area contributed by atoms with Crippen molar-refractivity contribution in [2.45, 2.75) is 25.7 Å². The van der Waals surface area contributed by atoms with Crippen molar-refractivity contribution in [2.75, 3.05) is 13.2 Å². The van der Waals surface area contributed by atoms with E-state index >= 15 is 0 Å². The molecule has 1 N–H and O–H groups in total. The molecule has 0 saturated heterocycles. The molecule has 0 fully saturated rings. The largest absolute Gasteiger partial charge is 0.492 e. The van der Waals surface area contributed by atoms with Crippen molar-refractivity contribution in [3.8, 4) is 5.75 Å². The predicted octanol–water partition coefficient (Wildman–Crippen LogP) is 2.97. The van der Waals surface area contributed by atoms with Gasteiger partial charge in [-0.3, -0.25) is 0 Å². The molecule has 22 heavy (non-hydrogen) atoms. The lowest BCUT2D eigenvalue weighted by Gasteiger charge is -2.11. The van der Waals surface area contributed by atoms with E-state index in [9.17, 15) is 8.42 Å². The number of rotatable bonds is 6. The van der Waals surface area contributed by atoms with Crippen LogP contribution in [-0.2, 0) is 10.0 Å². The summed E-state index contributed by atoms with van der Waals surface area (Å²) in [6.07, 6.45) is 0. The highest BCUT2D eigenvalue weighted by molar-refractivity contribution is 7.89. The van der Waals surface area contributed by atoms with Crippen molar-refractivity contribution in [2.24, 2.45) is 0 Å². The number of sulfonamides is 1. The molecule has 0 radical (unpaired) electrons. The zero-order valence-electron chi connectivity index (χ0n) is 13.1. The lowest BCUT2D eigenvalue weighted by atomic mass is 10.1. The van der Waals surface area contributed by atoms with Crippen LogP contribution in [0, 0.1) is 20.8 Å². The van der Waals surface area contributed by atoms with E-state index in [0.29, 0.717) is 0 Å². The predicted molar refractivity (Wildman–Crippen MR) is 87.8 cm³/mol. The van der Waals surface area contributed by atoms with Gasteiger partial charge in [0.1, 0.15) is 12.4 Å². The highest BCUT2D eigenvalue weighted by Crippen LogP contribution is 2.16. The highest BCUT2D eigenvalue weighted by atomic mass is 32.2. The quantitative estimate of drug-likeness (QED) is 0.833. The molecule has 0 saturated carbocycles. The molecule has 118 valence electrons. The minimum Gasteiger partial charge on any atom is -0.492 e. The smallest absolute Gasteiger partial charge is 0.240 e. The second kappa shape index (κ2) is 6.94. The molecule has 2 aromatic carbocycles. The van der Waals surface area contributed by atoms with Gasteiger partial charge in [-0.25, -0.2) is 13.1 Å². The minimum absolute atomic E-state index is 0.226. The van der Waals surface area contributed by atoms with Crippen LogP contribution in [-0.4, -0.2) is 21.6 Å². The van der Waals surface area contributed by atoms with Crippen LogP contribution < -0.4 is 9.46 Å². The van der Waals surface area contributed by atoms with Crippen LogP contribution >= 0.6 is 0 Å². The summed E-state index contributed by atoms with van der Waals surface area (Å²) in [6, 6.07) is 12.8. The van der Waals surface area contributed by atoms with Crippen LogP contribution in [0.3, 0.4) is 0 Å². The monoisotopic (exact) mass is 319 g/mol. The first-order chi connectivity index (χ1) is 10.4. The maximum Gasteiger partial charge on any atom is 0.240 e. The number of para-hydroxylation sites is 1. The Bertz CT molecular complexity index is 754. The Morgan fingerprint density at radius 3 is 2.36 bits per heavy atom.